The molecule has 1 aliphatic heterocycles. The fourth-order valence-corrected chi connectivity index (χ4v) is 4.38. The van der Waals surface area contributed by atoms with Crippen LogP contribution in [-0.4, -0.2) is 48.1 Å². The number of hydrogen-bond acceptors (Lipinski definition) is 4. The summed E-state index contributed by atoms with van der Waals surface area (Å²) in [6.07, 6.45) is -0.397. The van der Waals surface area contributed by atoms with Crippen LogP contribution in [0.1, 0.15) is 16.8 Å². The standard InChI is InChI=1S/C11H11Cl2NO5S/c12-7-1-2-8(10(13)9(7)11(16)17)20(18,19)14-4-3-6(15)5-14/h1-2,6,15H,3-5H2,(H,16,17)/t6-/m0/s1. The van der Waals surface area contributed by atoms with Crippen molar-refractivity contribution in [2.45, 2.75) is 17.4 Å². The minimum absolute atomic E-state index is 0.0380. The van der Waals surface area contributed by atoms with Crippen LogP contribution in [0.4, 0.5) is 0 Å². The lowest BCUT2D eigenvalue weighted by molar-refractivity contribution is 0.0697. The number of halogens is 2. The molecule has 0 radical (unpaired) electrons. The van der Waals surface area contributed by atoms with E-state index in [4.69, 9.17) is 28.3 Å². The van der Waals surface area contributed by atoms with Gasteiger partial charge in [-0.05, 0) is 18.6 Å². The zero-order valence-electron chi connectivity index (χ0n) is 10.1. The molecule has 0 bridgehead atoms. The summed E-state index contributed by atoms with van der Waals surface area (Å²) in [6.45, 7) is 0.120. The van der Waals surface area contributed by atoms with Crippen LogP contribution in [0.15, 0.2) is 17.0 Å². The van der Waals surface area contributed by atoms with Crippen LogP contribution in [0.3, 0.4) is 0 Å². The largest absolute Gasteiger partial charge is 0.478 e. The van der Waals surface area contributed by atoms with E-state index < -0.39 is 32.7 Å². The van der Waals surface area contributed by atoms with Crippen LogP contribution in [0.2, 0.25) is 10.0 Å². The molecular formula is C11H11Cl2NO5S. The van der Waals surface area contributed by atoms with E-state index in [0.29, 0.717) is 6.42 Å². The average molecular weight is 340 g/mol. The van der Waals surface area contributed by atoms with Crippen LogP contribution in [0.25, 0.3) is 0 Å². The fraction of sp³-hybridized carbons (Fsp3) is 0.364. The van der Waals surface area contributed by atoms with Gasteiger partial charge in [-0.2, -0.15) is 4.31 Å². The second-order valence-corrected chi connectivity index (χ2v) is 7.04. The molecule has 6 nitrogen and oxygen atoms in total. The van der Waals surface area contributed by atoms with Gasteiger partial charge in [0.05, 0.1) is 21.7 Å². The second kappa shape index (κ2) is 5.50. The van der Waals surface area contributed by atoms with Gasteiger partial charge >= 0.3 is 5.97 Å². The molecular weight excluding hydrogens is 329 g/mol. The molecule has 1 atom stereocenters. The third-order valence-electron chi connectivity index (χ3n) is 3.01. The number of aliphatic hydroxyl groups is 1. The van der Waals surface area contributed by atoms with E-state index in [-0.39, 0.29) is 23.0 Å². The SMILES string of the molecule is O=C(O)c1c(Cl)ccc(S(=O)(=O)N2CC[C@H](O)C2)c1Cl. The van der Waals surface area contributed by atoms with Crippen molar-refractivity contribution >= 4 is 39.2 Å². The number of rotatable bonds is 3. The van der Waals surface area contributed by atoms with Gasteiger partial charge in [-0.1, -0.05) is 23.2 Å². The number of aromatic carboxylic acids is 1. The molecule has 0 unspecified atom stereocenters. The maximum atomic E-state index is 12.4. The number of nitrogens with zero attached hydrogens (tertiary/aromatic N) is 1. The number of carbonyl (C=O) groups is 1. The van der Waals surface area contributed by atoms with Gasteiger partial charge in [0.15, 0.2) is 0 Å². The van der Waals surface area contributed by atoms with Gasteiger partial charge in [0.1, 0.15) is 4.90 Å². The van der Waals surface area contributed by atoms with Gasteiger partial charge in [-0.15, -0.1) is 0 Å². The maximum Gasteiger partial charge on any atom is 0.338 e. The Hall–Kier alpha value is -0.860. The minimum atomic E-state index is -3.96. The van der Waals surface area contributed by atoms with Gasteiger partial charge in [0, 0.05) is 13.1 Å². The predicted octanol–water partition coefficient (Wildman–Crippen LogP) is 1.45. The molecule has 0 amide bonds. The van der Waals surface area contributed by atoms with Crippen LogP contribution in [0, 0.1) is 0 Å². The molecule has 20 heavy (non-hydrogen) atoms. The number of aliphatic hydroxyl groups excluding tert-OH is 1. The Balaban J connectivity index is 2.53. The highest BCUT2D eigenvalue weighted by Crippen LogP contribution is 2.33. The van der Waals surface area contributed by atoms with Crippen molar-refractivity contribution in [3.8, 4) is 0 Å². The van der Waals surface area contributed by atoms with Crippen molar-refractivity contribution < 1.29 is 23.4 Å². The van der Waals surface area contributed by atoms with Crippen LogP contribution < -0.4 is 0 Å². The molecule has 1 aromatic carbocycles. The number of sulfonamides is 1. The van der Waals surface area contributed by atoms with Crippen molar-refractivity contribution in [2.24, 2.45) is 0 Å². The molecule has 0 aliphatic carbocycles. The van der Waals surface area contributed by atoms with Gasteiger partial charge in [0.25, 0.3) is 0 Å². The topological polar surface area (TPSA) is 94.9 Å². The molecule has 1 aliphatic rings. The Morgan fingerprint density at radius 2 is 2.00 bits per heavy atom. The summed E-state index contributed by atoms with van der Waals surface area (Å²) in [7, 11) is -3.96. The molecule has 1 saturated heterocycles. The molecule has 110 valence electrons. The van der Waals surface area contributed by atoms with Gasteiger partial charge < -0.3 is 10.2 Å². The third-order valence-corrected chi connectivity index (χ3v) is 5.74. The van der Waals surface area contributed by atoms with Crippen LogP contribution in [0.5, 0.6) is 0 Å². The Kier molecular flexibility index (Phi) is 4.27. The molecule has 2 N–H and O–H groups in total. The van der Waals surface area contributed by atoms with Crippen molar-refractivity contribution in [1.29, 1.82) is 0 Å². The molecule has 0 aromatic heterocycles. The lowest BCUT2D eigenvalue weighted by Gasteiger charge is -2.17. The van der Waals surface area contributed by atoms with E-state index in [1.807, 2.05) is 0 Å². The number of β-amino-alcohol motifs (C(OH)–C–C–N with tert-alkyl or cyclic N) is 1. The van der Waals surface area contributed by atoms with Crippen LogP contribution in [-0.2, 0) is 10.0 Å². The summed E-state index contributed by atoms with van der Waals surface area (Å²) in [4.78, 5) is 10.8. The Labute approximate surface area is 125 Å². The first kappa shape index (κ1) is 15.5. The molecule has 0 saturated carbocycles. The van der Waals surface area contributed by atoms with Crippen molar-refractivity contribution in [2.75, 3.05) is 13.1 Å². The lowest BCUT2D eigenvalue weighted by Crippen LogP contribution is -2.30. The lowest BCUT2D eigenvalue weighted by atomic mass is 10.2. The number of benzene rings is 1. The van der Waals surface area contributed by atoms with E-state index in [2.05, 4.69) is 0 Å². The zero-order chi connectivity index (χ0) is 15.1. The first-order valence-corrected chi connectivity index (χ1v) is 7.84. The zero-order valence-corrected chi connectivity index (χ0v) is 12.4. The van der Waals surface area contributed by atoms with Crippen molar-refractivity contribution in [3.63, 3.8) is 0 Å². The van der Waals surface area contributed by atoms with Crippen molar-refractivity contribution in [3.05, 3.63) is 27.7 Å². The maximum absolute atomic E-state index is 12.4. The number of carboxylic acids is 1. The van der Waals surface area contributed by atoms with Gasteiger partial charge in [-0.25, -0.2) is 13.2 Å². The Bertz CT molecular complexity index is 661. The number of hydrogen-bond donors (Lipinski definition) is 2. The normalized spacial score (nSPS) is 20.2. The summed E-state index contributed by atoms with van der Waals surface area (Å²) in [5.74, 6) is -1.40. The Morgan fingerprint density at radius 1 is 1.35 bits per heavy atom. The highest BCUT2D eigenvalue weighted by molar-refractivity contribution is 7.89. The minimum Gasteiger partial charge on any atom is -0.478 e. The fourth-order valence-electron chi connectivity index (χ4n) is 2.00. The van der Waals surface area contributed by atoms with E-state index in [1.165, 1.54) is 6.07 Å². The van der Waals surface area contributed by atoms with Gasteiger partial charge in [-0.3, -0.25) is 0 Å². The van der Waals surface area contributed by atoms with E-state index in [1.54, 1.807) is 0 Å². The highest BCUT2D eigenvalue weighted by Gasteiger charge is 2.34. The first-order chi connectivity index (χ1) is 9.25. The molecule has 9 heteroatoms. The van der Waals surface area contributed by atoms with Gasteiger partial charge in [0.2, 0.25) is 10.0 Å². The van der Waals surface area contributed by atoms with E-state index in [0.717, 1.165) is 10.4 Å². The second-order valence-electron chi connectivity index (χ2n) is 4.35. The average Bonchev–Trinajstić information content (AvgIpc) is 2.75. The summed E-state index contributed by atoms with van der Waals surface area (Å²) < 4.78 is 25.8. The summed E-state index contributed by atoms with van der Waals surface area (Å²) in [6, 6.07) is 2.34. The summed E-state index contributed by atoms with van der Waals surface area (Å²) in [5.41, 5.74) is -0.450. The molecule has 0 spiro atoms. The van der Waals surface area contributed by atoms with E-state index >= 15 is 0 Å². The Morgan fingerprint density at radius 3 is 2.50 bits per heavy atom. The van der Waals surface area contributed by atoms with Crippen molar-refractivity contribution in [1.82, 2.24) is 4.31 Å². The van der Waals surface area contributed by atoms with E-state index in [9.17, 15) is 18.3 Å². The van der Waals surface area contributed by atoms with Crippen LogP contribution >= 0.6 is 23.2 Å². The molecule has 2 rings (SSSR count). The highest BCUT2D eigenvalue weighted by atomic mass is 35.5. The predicted molar refractivity (Wildman–Crippen MR) is 72.8 cm³/mol. The summed E-state index contributed by atoms with van der Waals surface area (Å²) >= 11 is 11.6. The quantitative estimate of drug-likeness (QED) is 0.868. The summed E-state index contributed by atoms with van der Waals surface area (Å²) in [5, 5.41) is 17.9. The smallest absolute Gasteiger partial charge is 0.338 e. The molecule has 1 fully saturated rings. The monoisotopic (exact) mass is 339 g/mol. The third kappa shape index (κ3) is 2.64. The number of carboxylic acid groups (broad SMARTS) is 1. The first-order valence-electron chi connectivity index (χ1n) is 5.64. The molecule has 1 aromatic rings. The molecule has 1 heterocycles.